The molecule has 0 amide bonds. The molecule has 0 aliphatic carbocycles. The van der Waals surface area contributed by atoms with Gasteiger partial charge in [-0.2, -0.15) is 0 Å². The lowest BCUT2D eigenvalue weighted by Crippen LogP contribution is -1.94. The van der Waals surface area contributed by atoms with Crippen molar-refractivity contribution in [3.63, 3.8) is 0 Å². The van der Waals surface area contributed by atoms with Crippen molar-refractivity contribution >= 4 is 32.4 Å². The van der Waals surface area contributed by atoms with E-state index >= 15 is 0 Å². The fourth-order valence-corrected chi connectivity index (χ4v) is 2.45. The Labute approximate surface area is 109 Å². The lowest BCUT2D eigenvalue weighted by Gasteiger charge is -2.02. The number of benzene rings is 1. The molecule has 90 valence electrons. The molecular weight excluding hydrogens is 312 g/mol. The quantitative estimate of drug-likeness (QED) is 0.877. The maximum absolute atomic E-state index is 13.8. The molecule has 1 N–H and O–H groups in total. The Balaban J connectivity index is 2.48. The lowest BCUT2D eigenvalue weighted by atomic mass is 10.2. The maximum atomic E-state index is 13.8. The molecule has 2 aromatic rings. The van der Waals surface area contributed by atoms with Gasteiger partial charge in [-0.1, -0.05) is 11.3 Å². The average Bonchev–Trinajstić information content (AvgIpc) is 2.73. The smallest absolute Gasteiger partial charge is 0.206 e. The van der Waals surface area contributed by atoms with Crippen molar-refractivity contribution in [2.45, 2.75) is 6.92 Å². The molecule has 0 radical (unpaired) electrons. The first kappa shape index (κ1) is 12.4. The van der Waals surface area contributed by atoms with Crippen LogP contribution in [0.25, 0.3) is 10.6 Å². The van der Waals surface area contributed by atoms with E-state index in [2.05, 4.69) is 31.4 Å². The Hall–Kier alpha value is -1.08. The number of rotatable bonds is 3. The molecule has 0 spiro atoms. The minimum Gasteiger partial charge on any atom is -0.360 e. The van der Waals surface area contributed by atoms with Gasteiger partial charge in [0.1, 0.15) is 5.82 Å². The summed E-state index contributed by atoms with van der Waals surface area (Å²) in [6.07, 6.45) is 0. The lowest BCUT2D eigenvalue weighted by molar-refractivity contribution is 0.585. The summed E-state index contributed by atoms with van der Waals surface area (Å²) in [5.41, 5.74) is -0.152. The maximum Gasteiger partial charge on any atom is 0.206 e. The monoisotopic (exact) mass is 319 g/mol. The second kappa shape index (κ2) is 5.05. The second-order valence-electron chi connectivity index (χ2n) is 3.16. The minimum absolute atomic E-state index is 0.152. The van der Waals surface area contributed by atoms with Crippen molar-refractivity contribution < 1.29 is 8.78 Å². The number of aromatic nitrogens is 2. The zero-order valence-corrected chi connectivity index (χ0v) is 11.2. The molecule has 0 atom stereocenters. The van der Waals surface area contributed by atoms with Gasteiger partial charge in [0, 0.05) is 6.54 Å². The van der Waals surface area contributed by atoms with Crippen LogP contribution in [-0.2, 0) is 0 Å². The summed E-state index contributed by atoms with van der Waals surface area (Å²) in [6.45, 7) is 2.58. The third kappa shape index (κ3) is 2.44. The van der Waals surface area contributed by atoms with Crippen LogP contribution in [0.4, 0.5) is 13.9 Å². The van der Waals surface area contributed by atoms with Gasteiger partial charge >= 0.3 is 0 Å². The normalized spacial score (nSPS) is 10.6. The first-order valence-electron chi connectivity index (χ1n) is 4.84. The largest absolute Gasteiger partial charge is 0.360 e. The summed E-state index contributed by atoms with van der Waals surface area (Å²) in [5, 5.41) is 11.3. The molecule has 1 heterocycles. The Kier molecular flexibility index (Phi) is 3.68. The van der Waals surface area contributed by atoms with Crippen molar-refractivity contribution in [1.82, 2.24) is 10.2 Å². The summed E-state index contributed by atoms with van der Waals surface area (Å²) in [5.74, 6) is -1.31. The number of hydrogen-bond acceptors (Lipinski definition) is 4. The van der Waals surface area contributed by atoms with Gasteiger partial charge in [-0.3, -0.25) is 0 Å². The number of anilines is 1. The van der Waals surface area contributed by atoms with Gasteiger partial charge in [-0.05, 0) is 35.0 Å². The molecule has 0 fully saturated rings. The van der Waals surface area contributed by atoms with Crippen LogP contribution >= 0.6 is 27.3 Å². The van der Waals surface area contributed by atoms with Gasteiger partial charge in [0.15, 0.2) is 10.8 Å². The zero-order chi connectivity index (χ0) is 12.4. The molecule has 1 aromatic heterocycles. The number of nitrogens with one attached hydrogen (secondary N) is 1. The second-order valence-corrected chi connectivity index (χ2v) is 4.99. The Morgan fingerprint density at radius 3 is 2.82 bits per heavy atom. The van der Waals surface area contributed by atoms with E-state index in [1.54, 1.807) is 0 Å². The van der Waals surface area contributed by atoms with Crippen molar-refractivity contribution in [2.24, 2.45) is 0 Å². The standard InChI is InChI=1S/C10H8BrF2N3S/c1-2-14-10-16-15-9(17-10)7-6(12)4-3-5(11)8(7)13/h3-4H,2H2,1H3,(H,14,16). The van der Waals surface area contributed by atoms with E-state index in [0.29, 0.717) is 11.7 Å². The highest BCUT2D eigenvalue weighted by Gasteiger charge is 2.18. The van der Waals surface area contributed by atoms with E-state index < -0.39 is 11.6 Å². The van der Waals surface area contributed by atoms with Crippen LogP contribution in [0.2, 0.25) is 0 Å². The van der Waals surface area contributed by atoms with Crippen molar-refractivity contribution in [3.8, 4) is 10.6 Å². The van der Waals surface area contributed by atoms with Crippen LogP contribution in [-0.4, -0.2) is 16.7 Å². The number of halogens is 3. The molecule has 17 heavy (non-hydrogen) atoms. The van der Waals surface area contributed by atoms with E-state index in [9.17, 15) is 8.78 Å². The summed E-state index contributed by atoms with van der Waals surface area (Å²) in [7, 11) is 0. The van der Waals surface area contributed by atoms with Gasteiger partial charge < -0.3 is 5.32 Å². The molecule has 2 rings (SSSR count). The van der Waals surface area contributed by atoms with Crippen LogP contribution in [0.3, 0.4) is 0 Å². The molecule has 0 unspecified atom stereocenters. The topological polar surface area (TPSA) is 37.8 Å². The van der Waals surface area contributed by atoms with Gasteiger partial charge in [0.2, 0.25) is 5.13 Å². The van der Waals surface area contributed by atoms with Gasteiger partial charge in [-0.25, -0.2) is 8.78 Å². The first-order chi connectivity index (χ1) is 8.13. The Bertz CT molecular complexity index is 544. The molecule has 0 saturated carbocycles. The van der Waals surface area contributed by atoms with Crippen LogP contribution in [0.15, 0.2) is 16.6 Å². The van der Waals surface area contributed by atoms with Crippen LogP contribution < -0.4 is 5.32 Å². The molecule has 0 aliphatic heterocycles. The summed E-state index contributed by atoms with van der Waals surface area (Å²) in [6, 6.07) is 2.51. The molecule has 0 bridgehead atoms. The molecule has 1 aromatic carbocycles. The predicted molar refractivity (Wildman–Crippen MR) is 67.1 cm³/mol. The van der Waals surface area contributed by atoms with E-state index in [1.165, 1.54) is 12.1 Å². The Morgan fingerprint density at radius 2 is 2.12 bits per heavy atom. The fourth-order valence-electron chi connectivity index (χ4n) is 1.27. The summed E-state index contributed by atoms with van der Waals surface area (Å²) in [4.78, 5) is 0. The van der Waals surface area contributed by atoms with Gasteiger partial charge in [0.25, 0.3) is 0 Å². The highest BCUT2D eigenvalue weighted by atomic mass is 79.9. The highest BCUT2D eigenvalue weighted by Crippen LogP contribution is 2.33. The Morgan fingerprint density at radius 1 is 1.35 bits per heavy atom. The molecule has 3 nitrogen and oxygen atoms in total. The first-order valence-corrected chi connectivity index (χ1v) is 6.45. The molecule has 0 aliphatic rings. The molecular formula is C10H8BrF2N3S. The van der Waals surface area contributed by atoms with Crippen LogP contribution in [0, 0.1) is 11.6 Å². The zero-order valence-electron chi connectivity index (χ0n) is 8.80. The van der Waals surface area contributed by atoms with Crippen molar-refractivity contribution in [3.05, 3.63) is 28.2 Å². The predicted octanol–water partition coefficient (Wildman–Crippen LogP) is 3.68. The third-order valence-corrected chi connectivity index (χ3v) is 3.52. The molecule has 0 saturated heterocycles. The summed E-state index contributed by atoms with van der Waals surface area (Å²) >= 11 is 4.13. The van der Waals surface area contributed by atoms with Crippen LogP contribution in [0.5, 0.6) is 0 Å². The molecule has 7 heteroatoms. The van der Waals surface area contributed by atoms with Crippen LogP contribution in [0.1, 0.15) is 6.92 Å². The van der Waals surface area contributed by atoms with E-state index in [-0.39, 0.29) is 15.0 Å². The minimum atomic E-state index is -0.663. The summed E-state index contributed by atoms with van der Waals surface area (Å²) < 4.78 is 27.5. The van der Waals surface area contributed by atoms with Gasteiger partial charge in [0.05, 0.1) is 10.0 Å². The number of nitrogens with zero attached hydrogens (tertiary/aromatic N) is 2. The third-order valence-electron chi connectivity index (χ3n) is 2.01. The van der Waals surface area contributed by atoms with Gasteiger partial charge in [-0.15, -0.1) is 10.2 Å². The highest BCUT2D eigenvalue weighted by molar-refractivity contribution is 9.10. The van der Waals surface area contributed by atoms with Crippen molar-refractivity contribution in [2.75, 3.05) is 11.9 Å². The SMILES string of the molecule is CCNc1nnc(-c2c(F)ccc(Br)c2F)s1. The number of hydrogen-bond donors (Lipinski definition) is 1. The average molecular weight is 320 g/mol. The van der Waals surface area contributed by atoms with Crippen molar-refractivity contribution in [1.29, 1.82) is 0 Å². The van der Waals surface area contributed by atoms with E-state index in [0.717, 1.165) is 11.3 Å². The van der Waals surface area contributed by atoms with E-state index in [1.807, 2.05) is 6.92 Å². The van der Waals surface area contributed by atoms with E-state index in [4.69, 9.17) is 0 Å². The fraction of sp³-hybridized carbons (Fsp3) is 0.200.